The standard InChI is InChI=1S/C19H18ClF3N2O4S/c1-3-30(28,29)16-7-5-4-6-13(16)18(27)25(2)11-17(26)24-12-8-9-15(20)14(10-12)19(21,22)23/h4-10H,3,11H2,1-2H3,(H,24,26). The first-order valence-electron chi connectivity index (χ1n) is 8.60. The Morgan fingerprint density at radius 1 is 1.13 bits per heavy atom. The van der Waals surface area contributed by atoms with Gasteiger partial charge in [0.25, 0.3) is 5.91 Å². The van der Waals surface area contributed by atoms with Crippen molar-refractivity contribution >= 4 is 38.9 Å². The van der Waals surface area contributed by atoms with Crippen LogP contribution in [0.15, 0.2) is 47.4 Å². The van der Waals surface area contributed by atoms with E-state index < -0.39 is 45.0 Å². The summed E-state index contributed by atoms with van der Waals surface area (Å²) in [6.07, 6.45) is -4.70. The number of likely N-dealkylation sites (N-methyl/N-ethyl adjacent to an activating group) is 1. The molecule has 2 amide bonds. The van der Waals surface area contributed by atoms with E-state index in [0.717, 1.165) is 11.0 Å². The van der Waals surface area contributed by atoms with Gasteiger partial charge in [0, 0.05) is 12.7 Å². The van der Waals surface area contributed by atoms with Crippen LogP contribution in [0.3, 0.4) is 0 Å². The molecule has 2 aromatic carbocycles. The molecule has 6 nitrogen and oxygen atoms in total. The summed E-state index contributed by atoms with van der Waals surface area (Å²) >= 11 is 5.54. The number of nitrogens with zero attached hydrogens (tertiary/aromatic N) is 1. The van der Waals surface area contributed by atoms with Gasteiger partial charge in [0.15, 0.2) is 9.84 Å². The molecular weight excluding hydrogens is 445 g/mol. The van der Waals surface area contributed by atoms with Crippen molar-refractivity contribution in [2.45, 2.75) is 18.0 Å². The fraction of sp³-hybridized carbons (Fsp3) is 0.263. The summed E-state index contributed by atoms with van der Waals surface area (Å²) in [4.78, 5) is 25.7. The van der Waals surface area contributed by atoms with Crippen LogP contribution in [0.25, 0.3) is 0 Å². The maximum atomic E-state index is 12.9. The molecule has 0 saturated heterocycles. The summed E-state index contributed by atoms with van der Waals surface area (Å²) in [6.45, 7) is 0.929. The minimum Gasteiger partial charge on any atom is -0.332 e. The number of rotatable bonds is 6. The van der Waals surface area contributed by atoms with Crippen molar-refractivity contribution < 1.29 is 31.2 Å². The van der Waals surface area contributed by atoms with E-state index in [9.17, 15) is 31.2 Å². The molecule has 2 aromatic rings. The second-order valence-corrected chi connectivity index (χ2v) is 8.96. The number of anilines is 1. The Balaban J connectivity index is 2.17. The highest BCUT2D eigenvalue weighted by Gasteiger charge is 2.33. The number of nitrogens with one attached hydrogen (secondary N) is 1. The van der Waals surface area contributed by atoms with Gasteiger partial charge in [0.1, 0.15) is 0 Å². The number of carbonyl (C=O) groups excluding carboxylic acids is 2. The van der Waals surface area contributed by atoms with E-state index in [0.29, 0.717) is 6.07 Å². The number of hydrogen-bond acceptors (Lipinski definition) is 4. The van der Waals surface area contributed by atoms with Crippen LogP contribution < -0.4 is 5.32 Å². The Bertz CT molecular complexity index is 1070. The predicted octanol–water partition coefficient (Wildman–Crippen LogP) is 3.86. The lowest BCUT2D eigenvalue weighted by molar-refractivity contribution is -0.137. The predicted molar refractivity (Wildman–Crippen MR) is 106 cm³/mol. The van der Waals surface area contributed by atoms with Crippen molar-refractivity contribution in [3.63, 3.8) is 0 Å². The molecule has 0 heterocycles. The number of alkyl halides is 3. The molecule has 0 bridgehead atoms. The van der Waals surface area contributed by atoms with Crippen LogP contribution in [0.5, 0.6) is 0 Å². The summed E-state index contributed by atoms with van der Waals surface area (Å²) in [6, 6.07) is 8.47. The molecule has 0 unspecified atom stereocenters. The second kappa shape index (κ2) is 9.05. The maximum Gasteiger partial charge on any atom is 0.417 e. The number of sulfone groups is 1. The summed E-state index contributed by atoms with van der Waals surface area (Å²) in [7, 11) is -2.40. The number of amides is 2. The highest BCUT2D eigenvalue weighted by atomic mass is 35.5. The molecule has 0 atom stereocenters. The van der Waals surface area contributed by atoms with Crippen molar-refractivity contribution in [1.29, 1.82) is 0 Å². The van der Waals surface area contributed by atoms with Gasteiger partial charge < -0.3 is 10.2 Å². The Morgan fingerprint density at radius 3 is 2.37 bits per heavy atom. The van der Waals surface area contributed by atoms with Gasteiger partial charge in [0.2, 0.25) is 5.91 Å². The molecule has 1 N–H and O–H groups in total. The number of hydrogen-bond donors (Lipinski definition) is 1. The monoisotopic (exact) mass is 462 g/mol. The molecule has 0 spiro atoms. The Labute approximate surface area is 176 Å². The molecular formula is C19H18ClF3N2O4S. The SMILES string of the molecule is CCS(=O)(=O)c1ccccc1C(=O)N(C)CC(=O)Nc1ccc(Cl)c(C(F)(F)F)c1. The van der Waals surface area contributed by atoms with Gasteiger partial charge in [-0.2, -0.15) is 13.2 Å². The normalized spacial score (nSPS) is 11.8. The van der Waals surface area contributed by atoms with Crippen LogP contribution in [-0.2, 0) is 20.8 Å². The van der Waals surface area contributed by atoms with E-state index in [4.69, 9.17) is 11.6 Å². The van der Waals surface area contributed by atoms with Gasteiger partial charge in [-0.15, -0.1) is 0 Å². The quantitative estimate of drug-likeness (QED) is 0.706. The molecule has 0 aliphatic rings. The molecule has 0 aromatic heterocycles. The van der Waals surface area contributed by atoms with Crippen molar-refractivity contribution in [2.24, 2.45) is 0 Å². The lowest BCUT2D eigenvalue weighted by Crippen LogP contribution is -2.35. The lowest BCUT2D eigenvalue weighted by Gasteiger charge is -2.19. The highest BCUT2D eigenvalue weighted by Crippen LogP contribution is 2.36. The van der Waals surface area contributed by atoms with E-state index in [1.165, 1.54) is 44.3 Å². The fourth-order valence-electron chi connectivity index (χ4n) is 2.58. The molecule has 0 radical (unpaired) electrons. The second-order valence-electron chi connectivity index (χ2n) is 6.30. The summed E-state index contributed by atoms with van der Waals surface area (Å²) in [5.41, 5.74) is -1.35. The van der Waals surface area contributed by atoms with Gasteiger partial charge in [-0.05, 0) is 30.3 Å². The van der Waals surface area contributed by atoms with Crippen LogP contribution in [-0.4, -0.2) is 44.5 Å². The number of halogens is 4. The molecule has 11 heteroatoms. The molecule has 0 aliphatic carbocycles. The molecule has 0 fully saturated rings. The van der Waals surface area contributed by atoms with E-state index in [2.05, 4.69) is 5.32 Å². The minimum atomic E-state index is -4.70. The van der Waals surface area contributed by atoms with Crippen LogP contribution in [0.2, 0.25) is 5.02 Å². The molecule has 0 aliphatic heterocycles. The zero-order valence-corrected chi connectivity index (χ0v) is 17.5. The zero-order valence-electron chi connectivity index (χ0n) is 16.0. The topological polar surface area (TPSA) is 83.6 Å². The van der Waals surface area contributed by atoms with Crippen molar-refractivity contribution in [2.75, 3.05) is 24.7 Å². The van der Waals surface area contributed by atoms with Crippen LogP contribution in [0.4, 0.5) is 18.9 Å². The molecule has 30 heavy (non-hydrogen) atoms. The first kappa shape index (κ1) is 23.7. The summed E-state index contributed by atoms with van der Waals surface area (Å²) < 4.78 is 63.2. The minimum absolute atomic E-state index is 0.0968. The van der Waals surface area contributed by atoms with Crippen LogP contribution >= 0.6 is 11.6 Å². The van der Waals surface area contributed by atoms with Gasteiger partial charge >= 0.3 is 6.18 Å². The van der Waals surface area contributed by atoms with Crippen molar-refractivity contribution in [1.82, 2.24) is 4.90 Å². The van der Waals surface area contributed by atoms with E-state index in [1.807, 2.05) is 0 Å². The Kier molecular flexibility index (Phi) is 7.14. The average molecular weight is 463 g/mol. The van der Waals surface area contributed by atoms with Crippen molar-refractivity contribution in [3.8, 4) is 0 Å². The van der Waals surface area contributed by atoms with Crippen LogP contribution in [0, 0.1) is 0 Å². The summed E-state index contributed by atoms with van der Waals surface area (Å²) in [5.74, 6) is -1.69. The Hall–Kier alpha value is -2.59. The third-order valence-electron chi connectivity index (χ3n) is 4.12. The highest BCUT2D eigenvalue weighted by molar-refractivity contribution is 7.91. The van der Waals surface area contributed by atoms with Gasteiger partial charge in [-0.3, -0.25) is 9.59 Å². The number of benzene rings is 2. The molecule has 0 saturated carbocycles. The van der Waals surface area contributed by atoms with Gasteiger partial charge in [0.05, 0.1) is 33.3 Å². The molecule has 2 rings (SSSR count). The van der Waals surface area contributed by atoms with Gasteiger partial charge in [-0.25, -0.2) is 8.42 Å². The van der Waals surface area contributed by atoms with E-state index in [1.54, 1.807) is 0 Å². The maximum absolute atomic E-state index is 12.9. The first-order chi connectivity index (χ1) is 13.9. The summed E-state index contributed by atoms with van der Waals surface area (Å²) in [5, 5.41) is 1.75. The molecule has 162 valence electrons. The van der Waals surface area contributed by atoms with Gasteiger partial charge in [-0.1, -0.05) is 30.7 Å². The number of carbonyl (C=O) groups is 2. The smallest absolute Gasteiger partial charge is 0.332 e. The van der Waals surface area contributed by atoms with E-state index in [-0.39, 0.29) is 21.9 Å². The zero-order chi connectivity index (χ0) is 22.7. The Morgan fingerprint density at radius 2 is 1.77 bits per heavy atom. The lowest BCUT2D eigenvalue weighted by atomic mass is 10.2. The first-order valence-corrected chi connectivity index (χ1v) is 10.6. The largest absolute Gasteiger partial charge is 0.417 e. The van der Waals surface area contributed by atoms with Crippen molar-refractivity contribution in [3.05, 3.63) is 58.6 Å². The van der Waals surface area contributed by atoms with Crippen LogP contribution in [0.1, 0.15) is 22.8 Å². The average Bonchev–Trinajstić information content (AvgIpc) is 2.67. The third kappa shape index (κ3) is 5.51. The van der Waals surface area contributed by atoms with E-state index >= 15 is 0 Å². The fourth-order valence-corrected chi connectivity index (χ4v) is 3.90. The third-order valence-corrected chi connectivity index (χ3v) is 6.23.